The average molecular weight is 387 g/mol. The van der Waals surface area contributed by atoms with Crippen LogP contribution >= 0.6 is 0 Å². The topological polar surface area (TPSA) is 92.8 Å². The van der Waals surface area contributed by atoms with Crippen molar-refractivity contribution in [1.29, 1.82) is 0 Å². The van der Waals surface area contributed by atoms with Gasteiger partial charge < -0.3 is 4.74 Å². The van der Waals surface area contributed by atoms with Gasteiger partial charge in [-0.3, -0.25) is 15.4 Å². The van der Waals surface area contributed by atoms with Crippen molar-refractivity contribution < 1.29 is 9.53 Å². The summed E-state index contributed by atoms with van der Waals surface area (Å²) in [4.78, 5) is 20.6. The molecule has 0 atom stereocenters. The van der Waals surface area contributed by atoms with Gasteiger partial charge >= 0.3 is 6.09 Å². The van der Waals surface area contributed by atoms with E-state index < -0.39 is 11.7 Å². The number of benzene rings is 1. The summed E-state index contributed by atoms with van der Waals surface area (Å²) in [5, 5.41) is 10.6. The third-order valence-electron chi connectivity index (χ3n) is 4.27. The zero-order chi connectivity index (χ0) is 20.4. The summed E-state index contributed by atoms with van der Waals surface area (Å²) in [5.41, 5.74) is 4.83. The first-order chi connectivity index (χ1) is 13.9. The Morgan fingerprint density at radius 3 is 2.52 bits per heavy atom. The lowest BCUT2D eigenvalue weighted by Crippen LogP contribution is -2.27. The Kier molecular flexibility index (Phi) is 4.72. The molecule has 7 heteroatoms. The summed E-state index contributed by atoms with van der Waals surface area (Å²) in [7, 11) is 0. The lowest BCUT2D eigenvalue weighted by Gasteiger charge is -2.19. The molecule has 3 aromatic heterocycles. The van der Waals surface area contributed by atoms with Gasteiger partial charge in [0.05, 0.1) is 6.20 Å². The van der Waals surface area contributed by atoms with E-state index in [1.54, 1.807) is 12.4 Å². The van der Waals surface area contributed by atoms with E-state index in [-0.39, 0.29) is 0 Å². The van der Waals surface area contributed by atoms with Gasteiger partial charge in [0.2, 0.25) is 0 Å². The molecular formula is C22H21N5O2. The van der Waals surface area contributed by atoms with Crippen LogP contribution in [0.15, 0.2) is 61.2 Å². The van der Waals surface area contributed by atoms with E-state index in [2.05, 4.69) is 31.5 Å². The summed E-state index contributed by atoms with van der Waals surface area (Å²) in [6.07, 6.45) is 6.68. The predicted octanol–water partition coefficient (Wildman–Crippen LogP) is 5.03. The second kappa shape index (κ2) is 7.35. The lowest BCUT2D eigenvalue weighted by molar-refractivity contribution is 0.0636. The number of carbonyl (C=O) groups is 1. The molecule has 1 amide bonds. The maximum Gasteiger partial charge on any atom is 0.412 e. The zero-order valence-electron chi connectivity index (χ0n) is 16.4. The summed E-state index contributed by atoms with van der Waals surface area (Å²) in [5.74, 6) is 0. The van der Waals surface area contributed by atoms with Crippen LogP contribution in [0.1, 0.15) is 20.8 Å². The van der Waals surface area contributed by atoms with E-state index in [4.69, 9.17) is 4.74 Å². The number of amides is 1. The van der Waals surface area contributed by atoms with Gasteiger partial charge in [-0.1, -0.05) is 12.1 Å². The molecule has 0 aliphatic rings. The highest BCUT2D eigenvalue weighted by Crippen LogP contribution is 2.29. The minimum absolute atomic E-state index is 0.476. The van der Waals surface area contributed by atoms with Crippen molar-refractivity contribution in [3.05, 3.63) is 61.2 Å². The number of hydrogen-bond acceptors (Lipinski definition) is 5. The van der Waals surface area contributed by atoms with Crippen LogP contribution in [0, 0.1) is 0 Å². The fraction of sp³-hybridized carbons (Fsp3) is 0.182. The smallest absolute Gasteiger partial charge is 0.412 e. The highest BCUT2D eigenvalue weighted by atomic mass is 16.6. The van der Waals surface area contributed by atoms with E-state index >= 15 is 0 Å². The van der Waals surface area contributed by atoms with Crippen LogP contribution in [0.25, 0.3) is 33.3 Å². The Morgan fingerprint density at radius 2 is 1.76 bits per heavy atom. The number of aromatic nitrogens is 4. The number of fused-ring (bicyclic) bond motifs is 1. The molecule has 29 heavy (non-hydrogen) atoms. The van der Waals surface area contributed by atoms with Crippen molar-refractivity contribution in [2.45, 2.75) is 26.4 Å². The van der Waals surface area contributed by atoms with Gasteiger partial charge in [0, 0.05) is 40.8 Å². The molecule has 0 saturated heterocycles. The SMILES string of the molecule is CC(C)(C)OC(=O)Nc1ccc(-c2cncc(-c3ccnc4[nH]ncc34)c2)cc1. The molecule has 0 aliphatic heterocycles. The number of anilines is 1. The van der Waals surface area contributed by atoms with Crippen molar-refractivity contribution in [2.75, 3.05) is 5.32 Å². The van der Waals surface area contributed by atoms with Crippen molar-refractivity contribution in [3.63, 3.8) is 0 Å². The van der Waals surface area contributed by atoms with Crippen LogP contribution in [0.5, 0.6) is 0 Å². The van der Waals surface area contributed by atoms with Crippen LogP contribution in [0.4, 0.5) is 10.5 Å². The average Bonchev–Trinajstić information content (AvgIpc) is 3.16. The number of nitrogens with zero attached hydrogens (tertiary/aromatic N) is 3. The summed E-state index contributed by atoms with van der Waals surface area (Å²) < 4.78 is 5.28. The number of ether oxygens (including phenoxy) is 1. The highest BCUT2D eigenvalue weighted by molar-refractivity contribution is 5.92. The van der Waals surface area contributed by atoms with Crippen molar-refractivity contribution in [2.24, 2.45) is 0 Å². The zero-order valence-corrected chi connectivity index (χ0v) is 16.4. The Labute approximate surface area is 168 Å². The van der Waals surface area contributed by atoms with E-state index in [9.17, 15) is 4.79 Å². The summed E-state index contributed by atoms with van der Waals surface area (Å²) in [6.45, 7) is 5.49. The molecule has 0 bridgehead atoms. The molecule has 4 rings (SSSR count). The third kappa shape index (κ3) is 4.24. The predicted molar refractivity (Wildman–Crippen MR) is 112 cm³/mol. The van der Waals surface area contributed by atoms with Crippen LogP contribution in [0.3, 0.4) is 0 Å². The molecule has 0 radical (unpaired) electrons. The van der Waals surface area contributed by atoms with E-state index in [1.807, 2.05) is 63.5 Å². The monoisotopic (exact) mass is 387 g/mol. The van der Waals surface area contributed by atoms with Gasteiger partial charge in [-0.2, -0.15) is 5.10 Å². The van der Waals surface area contributed by atoms with E-state index in [0.717, 1.165) is 33.3 Å². The van der Waals surface area contributed by atoms with Crippen LogP contribution in [0.2, 0.25) is 0 Å². The highest BCUT2D eigenvalue weighted by Gasteiger charge is 2.16. The summed E-state index contributed by atoms with van der Waals surface area (Å²) in [6, 6.07) is 11.6. The van der Waals surface area contributed by atoms with Gasteiger partial charge in [0.1, 0.15) is 5.60 Å². The van der Waals surface area contributed by atoms with Crippen molar-refractivity contribution >= 4 is 22.8 Å². The first kappa shape index (κ1) is 18.6. The Morgan fingerprint density at radius 1 is 1.00 bits per heavy atom. The normalized spacial score (nSPS) is 11.4. The largest absolute Gasteiger partial charge is 0.444 e. The quantitative estimate of drug-likeness (QED) is 0.514. The second-order valence-corrected chi connectivity index (χ2v) is 7.66. The van der Waals surface area contributed by atoms with Crippen molar-refractivity contribution in [1.82, 2.24) is 20.2 Å². The molecule has 4 aromatic rings. The minimum atomic E-state index is -0.538. The second-order valence-electron chi connectivity index (χ2n) is 7.66. The van der Waals surface area contributed by atoms with Gasteiger partial charge in [0.15, 0.2) is 5.65 Å². The van der Waals surface area contributed by atoms with Gasteiger partial charge in [-0.05, 0) is 56.2 Å². The van der Waals surface area contributed by atoms with Crippen LogP contribution in [-0.4, -0.2) is 31.9 Å². The van der Waals surface area contributed by atoms with E-state index in [1.165, 1.54) is 0 Å². The van der Waals surface area contributed by atoms with E-state index in [0.29, 0.717) is 5.69 Å². The Hall–Kier alpha value is -3.74. The molecule has 7 nitrogen and oxygen atoms in total. The number of H-pyrrole nitrogens is 1. The molecule has 1 aromatic carbocycles. The van der Waals surface area contributed by atoms with Crippen LogP contribution in [-0.2, 0) is 4.74 Å². The number of carbonyl (C=O) groups excluding carboxylic acids is 1. The fourth-order valence-electron chi connectivity index (χ4n) is 3.02. The van der Waals surface area contributed by atoms with Gasteiger partial charge in [-0.25, -0.2) is 9.78 Å². The molecule has 3 heterocycles. The number of hydrogen-bond donors (Lipinski definition) is 2. The standard InChI is InChI=1S/C22H21N5O2/c1-22(2,3)29-21(28)26-17-6-4-14(5-7-17)15-10-16(12-23-11-15)18-8-9-24-20-19(18)13-25-27-20/h4-13H,1-3H3,(H,26,28)(H,24,25,27). The molecule has 0 saturated carbocycles. The number of rotatable bonds is 3. The van der Waals surface area contributed by atoms with Crippen LogP contribution < -0.4 is 5.32 Å². The maximum atomic E-state index is 11.9. The summed E-state index contributed by atoms with van der Waals surface area (Å²) >= 11 is 0. The Bertz CT molecular complexity index is 1160. The van der Waals surface area contributed by atoms with Crippen molar-refractivity contribution in [3.8, 4) is 22.3 Å². The van der Waals surface area contributed by atoms with Gasteiger partial charge in [-0.15, -0.1) is 0 Å². The Balaban J connectivity index is 1.57. The number of pyridine rings is 2. The first-order valence-corrected chi connectivity index (χ1v) is 9.23. The third-order valence-corrected chi connectivity index (χ3v) is 4.27. The molecule has 146 valence electrons. The molecule has 0 aliphatic carbocycles. The van der Waals surface area contributed by atoms with Gasteiger partial charge in [0.25, 0.3) is 0 Å². The minimum Gasteiger partial charge on any atom is -0.444 e. The number of aromatic amines is 1. The lowest BCUT2D eigenvalue weighted by atomic mass is 10.0. The maximum absolute atomic E-state index is 11.9. The molecular weight excluding hydrogens is 366 g/mol. The molecule has 0 spiro atoms. The molecule has 2 N–H and O–H groups in total. The molecule has 0 fully saturated rings. The fourth-order valence-corrected chi connectivity index (χ4v) is 3.02. The first-order valence-electron chi connectivity index (χ1n) is 9.23. The number of nitrogens with one attached hydrogen (secondary N) is 2. The molecule has 0 unspecified atom stereocenters.